The first kappa shape index (κ1) is 9.37. The molecule has 0 radical (unpaired) electrons. The van der Waals surface area contributed by atoms with Gasteiger partial charge in [-0.2, -0.15) is 0 Å². The summed E-state index contributed by atoms with van der Waals surface area (Å²) in [6.45, 7) is 1.47. The molecule has 2 saturated heterocycles. The van der Waals surface area contributed by atoms with Gasteiger partial charge >= 0.3 is 0 Å². The highest BCUT2D eigenvalue weighted by molar-refractivity contribution is 4.91. The molecule has 0 aromatic carbocycles. The van der Waals surface area contributed by atoms with Crippen molar-refractivity contribution in [2.45, 2.75) is 31.1 Å². The second-order valence-electron chi connectivity index (χ2n) is 3.90. The van der Waals surface area contributed by atoms with E-state index in [1.54, 1.807) is 0 Å². The number of alkyl halides is 1. The molecule has 0 saturated carbocycles. The fourth-order valence-electron chi connectivity index (χ4n) is 2.30. The number of hydrogen-bond acceptors (Lipinski definition) is 3. The molecule has 2 bridgehead atoms. The normalized spacial score (nSPS) is 36.5. The Bertz CT molecular complexity index is 163. The second kappa shape index (κ2) is 3.90. The fourth-order valence-corrected chi connectivity index (χ4v) is 2.30. The van der Waals surface area contributed by atoms with Crippen LogP contribution >= 0.6 is 0 Å². The Kier molecular flexibility index (Phi) is 2.81. The van der Waals surface area contributed by atoms with E-state index < -0.39 is 6.17 Å². The van der Waals surface area contributed by atoms with Crippen molar-refractivity contribution in [3.63, 3.8) is 0 Å². The lowest BCUT2D eigenvalue weighted by Gasteiger charge is -2.35. The molecule has 3 atom stereocenters. The van der Waals surface area contributed by atoms with Crippen LogP contribution in [0.5, 0.6) is 0 Å². The number of morpholine rings is 1. The van der Waals surface area contributed by atoms with Gasteiger partial charge in [0.15, 0.2) is 0 Å². The van der Waals surface area contributed by atoms with Crippen molar-refractivity contribution in [2.75, 3.05) is 26.4 Å². The smallest absolute Gasteiger partial charge is 0.136 e. The molecule has 2 rings (SSSR count). The highest BCUT2D eigenvalue weighted by Gasteiger charge is 2.38. The van der Waals surface area contributed by atoms with Gasteiger partial charge in [-0.15, -0.1) is 0 Å². The van der Waals surface area contributed by atoms with Crippen LogP contribution in [0.4, 0.5) is 4.39 Å². The summed E-state index contributed by atoms with van der Waals surface area (Å²) >= 11 is 0. The Morgan fingerprint density at radius 3 is 2.54 bits per heavy atom. The molecule has 0 aliphatic carbocycles. The van der Waals surface area contributed by atoms with Gasteiger partial charge in [0.1, 0.15) is 6.17 Å². The lowest BCUT2D eigenvalue weighted by molar-refractivity contribution is -0.0283. The van der Waals surface area contributed by atoms with Crippen LogP contribution in [0, 0.1) is 0 Å². The number of hydrogen-bond donors (Lipinski definition) is 1. The average molecular weight is 189 g/mol. The number of fused-ring (bicyclic) bond motifs is 2. The second-order valence-corrected chi connectivity index (χ2v) is 3.90. The van der Waals surface area contributed by atoms with Gasteiger partial charge in [-0.05, 0) is 12.8 Å². The first-order valence-corrected chi connectivity index (χ1v) is 4.89. The number of rotatable bonds is 3. The van der Waals surface area contributed by atoms with Crippen LogP contribution in [-0.4, -0.2) is 54.6 Å². The maximum Gasteiger partial charge on any atom is 0.136 e. The highest BCUT2D eigenvalue weighted by Crippen LogP contribution is 2.28. The summed E-state index contributed by atoms with van der Waals surface area (Å²) in [5.74, 6) is 0. The number of aliphatic hydroxyl groups is 1. The zero-order valence-electron chi connectivity index (χ0n) is 7.66. The minimum Gasteiger partial charge on any atom is -0.393 e. The van der Waals surface area contributed by atoms with Gasteiger partial charge in [-0.25, -0.2) is 4.39 Å². The van der Waals surface area contributed by atoms with E-state index in [9.17, 15) is 4.39 Å². The first-order chi connectivity index (χ1) is 6.31. The van der Waals surface area contributed by atoms with Crippen LogP contribution in [0.1, 0.15) is 12.8 Å². The zero-order chi connectivity index (χ0) is 9.26. The molecule has 76 valence electrons. The summed E-state index contributed by atoms with van der Waals surface area (Å²) in [7, 11) is 0. The summed E-state index contributed by atoms with van der Waals surface area (Å²) in [5.41, 5.74) is 0. The molecule has 2 unspecified atom stereocenters. The molecular formula is C9H16FNO2. The topological polar surface area (TPSA) is 32.7 Å². The predicted octanol–water partition coefficient (Wildman–Crippen LogP) is 0.180. The van der Waals surface area contributed by atoms with Gasteiger partial charge in [0, 0.05) is 18.6 Å². The lowest BCUT2D eigenvalue weighted by atomic mass is 10.2. The van der Waals surface area contributed by atoms with Gasteiger partial charge < -0.3 is 9.84 Å². The van der Waals surface area contributed by atoms with Gasteiger partial charge in [-0.1, -0.05) is 0 Å². The molecule has 2 aliphatic rings. The standard InChI is InChI=1S/C9H16FNO2/c10-7(4-12)3-11-8-1-2-9(11)6-13-5-8/h7-9,12H,1-6H2/t7-,8?,9?/m0/s1. The summed E-state index contributed by atoms with van der Waals surface area (Å²) in [6, 6.07) is 0.784. The minimum absolute atomic E-state index is 0.364. The molecule has 2 fully saturated rings. The first-order valence-electron chi connectivity index (χ1n) is 4.89. The zero-order valence-corrected chi connectivity index (χ0v) is 7.66. The van der Waals surface area contributed by atoms with E-state index in [-0.39, 0.29) is 6.61 Å². The van der Waals surface area contributed by atoms with Gasteiger partial charge in [0.2, 0.25) is 0 Å². The molecule has 2 heterocycles. The van der Waals surface area contributed by atoms with E-state index in [1.807, 2.05) is 0 Å². The van der Waals surface area contributed by atoms with E-state index in [1.165, 1.54) is 0 Å². The SMILES string of the molecule is OC[C@@H](F)CN1C2CCC1COC2. The van der Waals surface area contributed by atoms with Crippen LogP contribution in [0.15, 0.2) is 0 Å². The Labute approximate surface area is 77.5 Å². The van der Waals surface area contributed by atoms with Crippen LogP contribution < -0.4 is 0 Å². The van der Waals surface area contributed by atoms with E-state index in [2.05, 4.69) is 4.90 Å². The third kappa shape index (κ3) is 1.85. The molecule has 0 aromatic heterocycles. The number of nitrogens with zero attached hydrogens (tertiary/aromatic N) is 1. The summed E-state index contributed by atoms with van der Waals surface area (Å²) in [6.07, 6.45) is 1.13. The number of ether oxygens (including phenoxy) is 1. The summed E-state index contributed by atoms with van der Waals surface area (Å²) < 4.78 is 18.3. The van der Waals surface area contributed by atoms with Crippen LogP contribution in [0.25, 0.3) is 0 Å². The number of aliphatic hydroxyl groups excluding tert-OH is 1. The van der Waals surface area contributed by atoms with Crippen LogP contribution in [0.3, 0.4) is 0 Å². The van der Waals surface area contributed by atoms with Crippen molar-refractivity contribution in [3.05, 3.63) is 0 Å². The third-order valence-corrected chi connectivity index (χ3v) is 3.00. The number of halogens is 1. The molecule has 13 heavy (non-hydrogen) atoms. The molecule has 2 aliphatic heterocycles. The average Bonchev–Trinajstić information content (AvgIpc) is 2.41. The van der Waals surface area contributed by atoms with Crippen molar-refractivity contribution in [3.8, 4) is 0 Å². The van der Waals surface area contributed by atoms with Gasteiger partial charge in [0.25, 0.3) is 0 Å². The monoisotopic (exact) mass is 189 g/mol. The lowest BCUT2D eigenvalue weighted by Crippen LogP contribution is -2.48. The highest BCUT2D eigenvalue weighted by atomic mass is 19.1. The minimum atomic E-state index is -1.10. The van der Waals surface area contributed by atoms with Crippen molar-refractivity contribution in [1.82, 2.24) is 4.90 Å². The fraction of sp³-hybridized carbons (Fsp3) is 1.00. The predicted molar refractivity (Wildman–Crippen MR) is 46.3 cm³/mol. The van der Waals surface area contributed by atoms with Gasteiger partial charge in [0.05, 0.1) is 19.8 Å². The molecule has 0 aromatic rings. The Morgan fingerprint density at radius 1 is 1.38 bits per heavy atom. The quantitative estimate of drug-likeness (QED) is 0.687. The Balaban J connectivity index is 1.91. The van der Waals surface area contributed by atoms with Crippen molar-refractivity contribution in [1.29, 1.82) is 0 Å². The Morgan fingerprint density at radius 2 is 2.00 bits per heavy atom. The van der Waals surface area contributed by atoms with E-state index in [4.69, 9.17) is 9.84 Å². The van der Waals surface area contributed by atoms with Crippen LogP contribution in [0.2, 0.25) is 0 Å². The molecule has 4 heteroatoms. The molecule has 0 spiro atoms. The van der Waals surface area contributed by atoms with Crippen LogP contribution in [-0.2, 0) is 4.74 Å². The maximum atomic E-state index is 13.0. The maximum absolute atomic E-state index is 13.0. The van der Waals surface area contributed by atoms with Crippen molar-refractivity contribution in [2.24, 2.45) is 0 Å². The van der Waals surface area contributed by atoms with E-state index in [0.717, 1.165) is 26.1 Å². The summed E-state index contributed by atoms with van der Waals surface area (Å²) in [5, 5.41) is 8.63. The van der Waals surface area contributed by atoms with E-state index in [0.29, 0.717) is 18.6 Å². The van der Waals surface area contributed by atoms with Crippen molar-refractivity contribution < 1.29 is 14.2 Å². The Hall–Kier alpha value is -0.190. The van der Waals surface area contributed by atoms with Gasteiger partial charge in [-0.3, -0.25) is 4.90 Å². The molecule has 1 N–H and O–H groups in total. The summed E-state index contributed by atoms with van der Waals surface area (Å²) in [4.78, 5) is 2.16. The van der Waals surface area contributed by atoms with E-state index >= 15 is 0 Å². The molecular weight excluding hydrogens is 173 g/mol. The molecule has 0 amide bonds. The third-order valence-electron chi connectivity index (χ3n) is 3.00. The molecule has 3 nitrogen and oxygen atoms in total. The largest absolute Gasteiger partial charge is 0.393 e. The van der Waals surface area contributed by atoms with Crippen molar-refractivity contribution >= 4 is 0 Å².